The summed E-state index contributed by atoms with van der Waals surface area (Å²) in [7, 11) is 0. The zero-order chi connectivity index (χ0) is 18.8. The highest BCUT2D eigenvalue weighted by molar-refractivity contribution is 5.86. The van der Waals surface area contributed by atoms with Crippen molar-refractivity contribution >= 4 is 11.8 Å². The van der Waals surface area contributed by atoms with Crippen molar-refractivity contribution in [1.82, 2.24) is 10.2 Å². The maximum Gasteiger partial charge on any atom is 0.242 e. The van der Waals surface area contributed by atoms with Gasteiger partial charge in [0.05, 0.1) is 6.54 Å². The number of hydrogen-bond acceptors (Lipinski definition) is 2. The molecule has 0 aromatic carbocycles. The molecule has 0 aromatic rings. The van der Waals surface area contributed by atoms with E-state index < -0.39 is 0 Å². The Bertz CT molecular complexity index is 402. The molecule has 1 N–H and O–H groups in total. The van der Waals surface area contributed by atoms with Gasteiger partial charge in [0.2, 0.25) is 11.8 Å². The fourth-order valence-corrected chi connectivity index (χ4v) is 4.93. The average Bonchev–Trinajstić information content (AvgIpc) is 2.68. The lowest BCUT2D eigenvalue weighted by molar-refractivity contribution is -0.139. The van der Waals surface area contributed by atoms with Crippen molar-refractivity contribution in [3.63, 3.8) is 0 Å². The molecule has 0 bridgehead atoms. The van der Waals surface area contributed by atoms with Crippen LogP contribution < -0.4 is 5.32 Å². The third-order valence-corrected chi connectivity index (χ3v) is 6.28. The Balaban J connectivity index is 1.95. The molecule has 2 amide bonds. The third-order valence-electron chi connectivity index (χ3n) is 6.28. The monoisotopic (exact) mass is 364 g/mol. The van der Waals surface area contributed by atoms with Gasteiger partial charge in [-0.2, -0.15) is 0 Å². The first-order valence-corrected chi connectivity index (χ1v) is 11.3. The predicted molar refractivity (Wildman–Crippen MR) is 107 cm³/mol. The Kier molecular flexibility index (Phi) is 9.49. The van der Waals surface area contributed by atoms with Gasteiger partial charge in [-0.05, 0) is 38.5 Å². The van der Waals surface area contributed by atoms with Crippen LogP contribution in [0.15, 0.2) is 0 Å². The normalized spacial score (nSPS) is 19.5. The highest BCUT2D eigenvalue weighted by Crippen LogP contribution is 2.30. The minimum Gasteiger partial charge on any atom is -0.347 e. The van der Waals surface area contributed by atoms with Crippen molar-refractivity contribution in [2.75, 3.05) is 6.54 Å². The van der Waals surface area contributed by atoms with Crippen LogP contribution in [-0.4, -0.2) is 35.3 Å². The van der Waals surface area contributed by atoms with Crippen LogP contribution in [0.3, 0.4) is 0 Å². The topological polar surface area (TPSA) is 49.4 Å². The van der Waals surface area contributed by atoms with Gasteiger partial charge in [-0.3, -0.25) is 9.59 Å². The Morgan fingerprint density at radius 1 is 0.846 bits per heavy atom. The van der Waals surface area contributed by atoms with Crippen molar-refractivity contribution in [1.29, 1.82) is 0 Å². The summed E-state index contributed by atoms with van der Waals surface area (Å²) in [5.41, 5.74) is 0. The smallest absolute Gasteiger partial charge is 0.242 e. The highest BCUT2D eigenvalue weighted by Gasteiger charge is 2.32. The Morgan fingerprint density at radius 2 is 1.31 bits per heavy atom. The lowest BCUT2D eigenvalue weighted by Gasteiger charge is -2.42. The van der Waals surface area contributed by atoms with Crippen LogP contribution >= 0.6 is 0 Å². The minimum absolute atomic E-state index is 0.0654. The molecule has 0 radical (unpaired) electrons. The van der Waals surface area contributed by atoms with Gasteiger partial charge in [0, 0.05) is 18.0 Å². The van der Waals surface area contributed by atoms with Gasteiger partial charge in [0.1, 0.15) is 0 Å². The van der Waals surface area contributed by atoms with Crippen molar-refractivity contribution in [2.24, 2.45) is 5.92 Å². The van der Waals surface area contributed by atoms with Crippen LogP contribution in [0.5, 0.6) is 0 Å². The molecule has 150 valence electrons. The van der Waals surface area contributed by atoms with Gasteiger partial charge in [-0.25, -0.2) is 0 Å². The van der Waals surface area contributed by atoms with Crippen LogP contribution in [0, 0.1) is 5.92 Å². The van der Waals surface area contributed by atoms with E-state index in [4.69, 9.17) is 0 Å². The molecule has 2 saturated carbocycles. The quantitative estimate of drug-likeness (QED) is 0.638. The van der Waals surface area contributed by atoms with E-state index in [9.17, 15) is 9.59 Å². The first-order valence-electron chi connectivity index (χ1n) is 11.3. The van der Waals surface area contributed by atoms with Crippen molar-refractivity contribution in [3.8, 4) is 0 Å². The van der Waals surface area contributed by atoms with Gasteiger partial charge in [0.15, 0.2) is 0 Å². The fraction of sp³-hybridized carbons (Fsp3) is 0.909. The van der Waals surface area contributed by atoms with Crippen molar-refractivity contribution in [2.45, 2.75) is 116 Å². The summed E-state index contributed by atoms with van der Waals surface area (Å²) in [6, 6.07) is 0.802. The molecule has 2 fully saturated rings. The number of carbonyl (C=O) groups excluding carboxylic acids is 2. The highest BCUT2D eigenvalue weighted by atomic mass is 16.2. The molecule has 4 nitrogen and oxygen atoms in total. The molecule has 0 unspecified atom stereocenters. The maximum absolute atomic E-state index is 13.1. The second-order valence-corrected chi connectivity index (χ2v) is 8.38. The molecular weight excluding hydrogens is 324 g/mol. The third kappa shape index (κ3) is 6.28. The summed E-state index contributed by atoms with van der Waals surface area (Å²) in [5, 5.41) is 2.98. The largest absolute Gasteiger partial charge is 0.347 e. The van der Waals surface area contributed by atoms with E-state index in [1.807, 2.05) is 0 Å². The molecular formula is C22H40N2O2. The van der Waals surface area contributed by atoms with Gasteiger partial charge >= 0.3 is 0 Å². The van der Waals surface area contributed by atoms with E-state index >= 15 is 0 Å². The number of carbonyl (C=O) groups is 2. The van der Waals surface area contributed by atoms with Crippen LogP contribution in [-0.2, 0) is 9.59 Å². The lowest BCUT2D eigenvalue weighted by Crippen LogP contribution is -2.52. The predicted octanol–water partition coefficient (Wildman–Crippen LogP) is 4.81. The number of hydrogen-bond donors (Lipinski definition) is 1. The van der Waals surface area contributed by atoms with Crippen LogP contribution in [0.25, 0.3) is 0 Å². The maximum atomic E-state index is 13.1. The van der Waals surface area contributed by atoms with Crippen LogP contribution in [0.2, 0.25) is 0 Å². The Labute approximate surface area is 160 Å². The first-order chi connectivity index (χ1) is 12.7. The van der Waals surface area contributed by atoms with E-state index in [2.05, 4.69) is 24.1 Å². The second kappa shape index (κ2) is 11.6. The number of nitrogens with one attached hydrogen (secondary N) is 1. The van der Waals surface area contributed by atoms with E-state index in [1.54, 1.807) is 0 Å². The number of amides is 2. The number of nitrogens with zero attached hydrogens (tertiary/aromatic N) is 1. The van der Waals surface area contributed by atoms with E-state index in [0.717, 1.165) is 51.4 Å². The summed E-state index contributed by atoms with van der Waals surface area (Å²) >= 11 is 0. The SMILES string of the molecule is CCCC(CCC)C(=O)NCC(=O)N(C1CCCCC1)C1CCCCC1. The zero-order valence-corrected chi connectivity index (χ0v) is 17.1. The van der Waals surface area contributed by atoms with Gasteiger partial charge in [-0.15, -0.1) is 0 Å². The standard InChI is InChI=1S/C22H40N2O2/c1-3-11-18(12-4-2)22(26)23-17-21(25)24(19-13-7-5-8-14-19)20-15-9-6-10-16-20/h18-20H,3-17H2,1-2H3,(H,23,26). The number of rotatable bonds is 9. The lowest BCUT2D eigenvalue weighted by atomic mass is 9.88. The molecule has 2 aliphatic rings. The molecule has 0 atom stereocenters. The van der Waals surface area contributed by atoms with Gasteiger partial charge in [0.25, 0.3) is 0 Å². The summed E-state index contributed by atoms with van der Waals surface area (Å²) in [5.74, 6) is 0.300. The van der Waals surface area contributed by atoms with Crippen molar-refractivity contribution in [3.05, 3.63) is 0 Å². The van der Waals surface area contributed by atoms with E-state index in [1.165, 1.54) is 38.5 Å². The van der Waals surface area contributed by atoms with Gasteiger partial charge < -0.3 is 10.2 Å². The molecule has 0 spiro atoms. The Morgan fingerprint density at radius 3 is 1.73 bits per heavy atom. The minimum atomic E-state index is 0.0654. The molecule has 0 saturated heterocycles. The van der Waals surface area contributed by atoms with E-state index in [-0.39, 0.29) is 24.3 Å². The van der Waals surface area contributed by atoms with Crippen LogP contribution in [0.1, 0.15) is 104 Å². The molecule has 0 aliphatic heterocycles. The summed E-state index contributed by atoms with van der Waals surface area (Å²) in [6.07, 6.45) is 16.0. The molecule has 0 aromatic heterocycles. The van der Waals surface area contributed by atoms with Crippen molar-refractivity contribution < 1.29 is 9.59 Å². The summed E-state index contributed by atoms with van der Waals surface area (Å²) in [6.45, 7) is 4.43. The molecule has 2 aliphatic carbocycles. The second-order valence-electron chi connectivity index (χ2n) is 8.38. The van der Waals surface area contributed by atoms with Gasteiger partial charge in [-0.1, -0.05) is 65.2 Å². The van der Waals surface area contributed by atoms with E-state index in [0.29, 0.717) is 12.1 Å². The van der Waals surface area contributed by atoms with Crippen LogP contribution in [0.4, 0.5) is 0 Å². The zero-order valence-electron chi connectivity index (χ0n) is 17.1. The molecule has 2 rings (SSSR count). The summed E-state index contributed by atoms with van der Waals surface area (Å²) < 4.78 is 0. The molecule has 0 heterocycles. The fourth-order valence-electron chi connectivity index (χ4n) is 4.93. The average molecular weight is 365 g/mol. The summed E-state index contributed by atoms with van der Waals surface area (Å²) in [4.78, 5) is 27.8. The Hall–Kier alpha value is -1.06. The first kappa shape index (κ1) is 21.2. The molecule has 4 heteroatoms. The molecule has 26 heavy (non-hydrogen) atoms.